The van der Waals surface area contributed by atoms with E-state index in [0.717, 1.165) is 17.5 Å². The number of sulfonamides is 1. The van der Waals surface area contributed by atoms with Gasteiger partial charge in [-0.3, -0.25) is 9.10 Å². The van der Waals surface area contributed by atoms with E-state index in [9.17, 15) is 13.2 Å². The van der Waals surface area contributed by atoms with E-state index in [1.807, 2.05) is 38.1 Å². The van der Waals surface area contributed by atoms with Crippen LogP contribution in [0.5, 0.6) is 0 Å². The molecule has 2 aromatic carbocycles. The van der Waals surface area contributed by atoms with Crippen molar-refractivity contribution in [3.05, 3.63) is 65.2 Å². The highest BCUT2D eigenvalue weighted by atomic mass is 32.2. The molecule has 0 saturated heterocycles. The molecule has 1 amide bonds. The average Bonchev–Trinajstić information content (AvgIpc) is 2.58. The van der Waals surface area contributed by atoms with Gasteiger partial charge in [0.1, 0.15) is 0 Å². The fourth-order valence-electron chi connectivity index (χ4n) is 2.77. The SMILES string of the molecule is CCc1cccc(C)c1N(CCNC(=O)c1ccccc1)S(C)(=O)=O. The highest BCUT2D eigenvalue weighted by Crippen LogP contribution is 2.27. The number of hydrogen-bond acceptors (Lipinski definition) is 3. The Morgan fingerprint density at radius 3 is 2.36 bits per heavy atom. The van der Waals surface area contributed by atoms with Crippen LogP contribution in [0.2, 0.25) is 0 Å². The molecule has 2 rings (SSSR count). The molecule has 0 aliphatic heterocycles. The number of aryl methyl sites for hydroxylation is 2. The Morgan fingerprint density at radius 2 is 1.76 bits per heavy atom. The smallest absolute Gasteiger partial charge is 0.251 e. The highest BCUT2D eigenvalue weighted by molar-refractivity contribution is 7.92. The summed E-state index contributed by atoms with van der Waals surface area (Å²) in [6.07, 6.45) is 1.93. The molecule has 0 unspecified atom stereocenters. The molecule has 0 aromatic heterocycles. The second-order valence-corrected chi connectivity index (χ2v) is 7.80. The number of hydrogen-bond donors (Lipinski definition) is 1. The number of carbonyl (C=O) groups excluding carboxylic acids is 1. The molecule has 5 nitrogen and oxygen atoms in total. The molecule has 134 valence electrons. The molecule has 0 aliphatic rings. The van der Waals surface area contributed by atoms with Gasteiger partial charge in [-0.25, -0.2) is 8.42 Å². The van der Waals surface area contributed by atoms with E-state index in [1.165, 1.54) is 10.6 Å². The predicted molar refractivity (Wildman–Crippen MR) is 102 cm³/mol. The zero-order valence-electron chi connectivity index (χ0n) is 14.8. The summed E-state index contributed by atoms with van der Waals surface area (Å²) in [5, 5.41) is 2.78. The van der Waals surface area contributed by atoms with Crippen molar-refractivity contribution in [2.45, 2.75) is 20.3 Å². The van der Waals surface area contributed by atoms with Crippen LogP contribution in [0.1, 0.15) is 28.4 Å². The van der Waals surface area contributed by atoms with Gasteiger partial charge in [0, 0.05) is 12.1 Å². The van der Waals surface area contributed by atoms with Crippen LogP contribution in [0.4, 0.5) is 5.69 Å². The molecule has 0 spiro atoms. The first kappa shape index (κ1) is 19.0. The van der Waals surface area contributed by atoms with Crippen LogP contribution in [0, 0.1) is 6.92 Å². The first-order chi connectivity index (χ1) is 11.8. The Hall–Kier alpha value is -2.34. The summed E-state index contributed by atoms with van der Waals surface area (Å²) >= 11 is 0. The van der Waals surface area contributed by atoms with E-state index in [-0.39, 0.29) is 19.0 Å². The quantitative estimate of drug-likeness (QED) is 0.826. The van der Waals surface area contributed by atoms with Crippen LogP contribution < -0.4 is 9.62 Å². The summed E-state index contributed by atoms with van der Waals surface area (Å²) in [6.45, 7) is 4.32. The van der Waals surface area contributed by atoms with Crippen molar-refractivity contribution in [1.82, 2.24) is 5.32 Å². The van der Waals surface area contributed by atoms with Crippen LogP contribution in [-0.4, -0.2) is 33.7 Å². The molecule has 0 bridgehead atoms. The molecule has 1 N–H and O–H groups in total. The molecule has 0 fully saturated rings. The molecule has 6 heteroatoms. The van der Waals surface area contributed by atoms with E-state index in [4.69, 9.17) is 0 Å². The minimum atomic E-state index is -3.45. The Balaban J connectivity index is 2.17. The van der Waals surface area contributed by atoms with Gasteiger partial charge in [-0.15, -0.1) is 0 Å². The molecule has 2 aromatic rings. The second kappa shape index (κ2) is 8.16. The Kier molecular flexibility index (Phi) is 6.20. The number of nitrogens with zero attached hydrogens (tertiary/aromatic N) is 1. The first-order valence-electron chi connectivity index (χ1n) is 8.24. The molecule has 0 saturated carbocycles. The lowest BCUT2D eigenvalue weighted by Gasteiger charge is -2.26. The summed E-state index contributed by atoms with van der Waals surface area (Å²) in [4.78, 5) is 12.1. The zero-order valence-corrected chi connectivity index (χ0v) is 15.6. The normalized spacial score (nSPS) is 11.2. The number of para-hydroxylation sites is 1. The van der Waals surface area contributed by atoms with Gasteiger partial charge in [-0.2, -0.15) is 0 Å². The molecular formula is C19H24N2O3S. The van der Waals surface area contributed by atoms with Gasteiger partial charge in [0.25, 0.3) is 5.91 Å². The summed E-state index contributed by atoms with van der Waals surface area (Å²) in [5.74, 6) is -0.213. The lowest BCUT2D eigenvalue weighted by molar-refractivity contribution is 0.0955. The predicted octanol–water partition coefficient (Wildman–Crippen LogP) is 2.75. The summed E-state index contributed by atoms with van der Waals surface area (Å²) in [7, 11) is -3.45. The van der Waals surface area contributed by atoms with Gasteiger partial charge >= 0.3 is 0 Å². The van der Waals surface area contributed by atoms with Crippen LogP contribution in [-0.2, 0) is 16.4 Å². The van der Waals surface area contributed by atoms with Crippen LogP contribution in [0.3, 0.4) is 0 Å². The molecule has 0 aliphatic carbocycles. The third kappa shape index (κ3) is 4.82. The average molecular weight is 360 g/mol. The standard InChI is InChI=1S/C19H24N2O3S/c1-4-16-12-8-9-15(2)18(16)21(25(3,23)24)14-13-20-19(22)17-10-6-5-7-11-17/h5-12H,4,13-14H2,1-3H3,(H,20,22). The van der Waals surface area contributed by atoms with Crippen molar-refractivity contribution in [3.8, 4) is 0 Å². The van der Waals surface area contributed by atoms with Crippen molar-refractivity contribution in [2.24, 2.45) is 0 Å². The van der Waals surface area contributed by atoms with Crippen molar-refractivity contribution in [1.29, 1.82) is 0 Å². The van der Waals surface area contributed by atoms with Gasteiger partial charge in [-0.1, -0.05) is 43.3 Å². The van der Waals surface area contributed by atoms with Crippen molar-refractivity contribution in [3.63, 3.8) is 0 Å². The third-order valence-electron chi connectivity index (χ3n) is 3.99. The maximum Gasteiger partial charge on any atom is 0.251 e. The Labute approximate surface area is 149 Å². The van der Waals surface area contributed by atoms with E-state index in [1.54, 1.807) is 24.3 Å². The van der Waals surface area contributed by atoms with Crippen molar-refractivity contribution < 1.29 is 13.2 Å². The van der Waals surface area contributed by atoms with Crippen molar-refractivity contribution in [2.75, 3.05) is 23.7 Å². The lowest BCUT2D eigenvalue weighted by atomic mass is 10.1. The number of carbonyl (C=O) groups is 1. The Morgan fingerprint density at radius 1 is 1.08 bits per heavy atom. The molecule has 25 heavy (non-hydrogen) atoms. The topological polar surface area (TPSA) is 66.5 Å². The molecule has 0 atom stereocenters. The van der Waals surface area contributed by atoms with Crippen LogP contribution >= 0.6 is 0 Å². The second-order valence-electron chi connectivity index (χ2n) is 5.89. The van der Waals surface area contributed by atoms with Gasteiger partial charge in [-0.05, 0) is 36.6 Å². The van der Waals surface area contributed by atoms with Gasteiger partial charge in [0.15, 0.2) is 0 Å². The van der Waals surface area contributed by atoms with Gasteiger partial charge in [0.2, 0.25) is 10.0 Å². The van der Waals surface area contributed by atoms with E-state index >= 15 is 0 Å². The fraction of sp³-hybridized carbons (Fsp3) is 0.316. The largest absolute Gasteiger partial charge is 0.350 e. The number of amides is 1. The molecule has 0 heterocycles. The maximum atomic E-state index is 12.3. The maximum absolute atomic E-state index is 12.3. The fourth-order valence-corrected chi connectivity index (χ4v) is 3.78. The highest BCUT2D eigenvalue weighted by Gasteiger charge is 2.21. The minimum Gasteiger partial charge on any atom is -0.350 e. The monoisotopic (exact) mass is 360 g/mol. The Bertz CT molecular complexity index is 833. The minimum absolute atomic E-state index is 0.190. The number of benzene rings is 2. The molecular weight excluding hydrogens is 336 g/mol. The van der Waals surface area contributed by atoms with Crippen LogP contribution in [0.15, 0.2) is 48.5 Å². The number of rotatable bonds is 7. The summed E-state index contributed by atoms with van der Waals surface area (Å²) < 4.78 is 26.0. The number of anilines is 1. The third-order valence-corrected chi connectivity index (χ3v) is 5.15. The van der Waals surface area contributed by atoms with Crippen LogP contribution in [0.25, 0.3) is 0 Å². The van der Waals surface area contributed by atoms with E-state index < -0.39 is 10.0 Å². The summed E-state index contributed by atoms with van der Waals surface area (Å²) in [6, 6.07) is 14.6. The molecule has 0 radical (unpaired) electrons. The van der Waals surface area contributed by atoms with E-state index in [0.29, 0.717) is 11.3 Å². The van der Waals surface area contributed by atoms with E-state index in [2.05, 4.69) is 5.32 Å². The number of nitrogens with one attached hydrogen (secondary N) is 1. The van der Waals surface area contributed by atoms with Gasteiger partial charge < -0.3 is 5.32 Å². The first-order valence-corrected chi connectivity index (χ1v) is 10.1. The zero-order chi connectivity index (χ0) is 18.4. The lowest BCUT2D eigenvalue weighted by Crippen LogP contribution is -2.39. The van der Waals surface area contributed by atoms with Crippen molar-refractivity contribution >= 4 is 21.6 Å². The van der Waals surface area contributed by atoms with Gasteiger partial charge in [0.05, 0.1) is 18.5 Å². The summed E-state index contributed by atoms with van der Waals surface area (Å²) in [5.41, 5.74) is 3.14.